The van der Waals surface area contributed by atoms with Gasteiger partial charge in [-0.05, 0) is 35.4 Å². The van der Waals surface area contributed by atoms with Crippen molar-refractivity contribution in [2.75, 3.05) is 0 Å². The molecule has 0 unspecified atom stereocenters. The van der Waals surface area contributed by atoms with Crippen molar-refractivity contribution < 1.29 is 0 Å². The summed E-state index contributed by atoms with van der Waals surface area (Å²) in [5.41, 5.74) is 7.80. The summed E-state index contributed by atoms with van der Waals surface area (Å²) in [6, 6.07) is 13.9. The molecule has 0 fully saturated rings. The Balaban J connectivity index is 2.02. The first-order chi connectivity index (χ1) is 8.69. The quantitative estimate of drug-likeness (QED) is 0.825. The van der Waals surface area contributed by atoms with E-state index in [0.717, 1.165) is 16.9 Å². The molecule has 2 N–H and O–H groups in total. The Hall–Kier alpha value is -0.670. The van der Waals surface area contributed by atoms with Crippen LogP contribution >= 0.6 is 35.0 Å². The maximum absolute atomic E-state index is 6.13. The average molecular weight is 298 g/mol. The van der Waals surface area contributed by atoms with Gasteiger partial charge in [-0.3, -0.25) is 0 Å². The van der Waals surface area contributed by atoms with E-state index in [-0.39, 0.29) is 0 Å². The lowest BCUT2D eigenvalue weighted by Gasteiger charge is -2.05. The molecule has 0 saturated heterocycles. The van der Waals surface area contributed by atoms with Gasteiger partial charge in [0.15, 0.2) is 0 Å². The van der Waals surface area contributed by atoms with Crippen molar-refractivity contribution in [2.24, 2.45) is 5.73 Å². The van der Waals surface area contributed by atoms with Crippen LogP contribution in [0.15, 0.2) is 47.4 Å². The van der Waals surface area contributed by atoms with Gasteiger partial charge in [-0.25, -0.2) is 0 Å². The van der Waals surface area contributed by atoms with Crippen LogP contribution in [0.4, 0.5) is 0 Å². The van der Waals surface area contributed by atoms with E-state index in [9.17, 15) is 0 Å². The number of benzene rings is 2. The first kappa shape index (κ1) is 13.8. The number of hydrogen-bond acceptors (Lipinski definition) is 2. The standard InChI is InChI=1S/C14H13Cl2NS/c15-12-4-3-11(14(16)7-12)9-18-13-5-1-10(8-17)2-6-13/h1-7H,8-9,17H2. The fourth-order valence-corrected chi connectivity index (χ4v) is 2.98. The van der Waals surface area contributed by atoms with Crippen molar-refractivity contribution >= 4 is 35.0 Å². The van der Waals surface area contributed by atoms with Crippen LogP contribution in [0.2, 0.25) is 10.0 Å². The predicted molar refractivity (Wildman–Crippen MR) is 80.4 cm³/mol. The van der Waals surface area contributed by atoms with E-state index in [0.29, 0.717) is 16.6 Å². The third-order valence-electron chi connectivity index (χ3n) is 2.57. The van der Waals surface area contributed by atoms with Crippen LogP contribution in [0.1, 0.15) is 11.1 Å². The molecule has 0 saturated carbocycles. The van der Waals surface area contributed by atoms with E-state index >= 15 is 0 Å². The van der Waals surface area contributed by atoms with E-state index in [1.165, 1.54) is 4.90 Å². The molecule has 2 aromatic carbocycles. The highest BCUT2D eigenvalue weighted by Gasteiger charge is 2.02. The molecule has 0 aliphatic carbocycles. The Morgan fingerprint density at radius 2 is 1.72 bits per heavy atom. The third-order valence-corrected chi connectivity index (χ3v) is 4.22. The topological polar surface area (TPSA) is 26.0 Å². The Morgan fingerprint density at radius 1 is 1.00 bits per heavy atom. The van der Waals surface area contributed by atoms with E-state index in [4.69, 9.17) is 28.9 Å². The van der Waals surface area contributed by atoms with Gasteiger partial charge >= 0.3 is 0 Å². The molecule has 0 spiro atoms. The van der Waals surface area contributed by atoms with Crippen LogP contribution in [0.25, 0.3) is 0 Å². The fraction of sp³-hybridized carbons (Fsp3) is 0.143. The molecule has 2 rings (SSSR count). The molecule has 94 valence electrons. The minimum atomic E-state index is 0.577. The Kier molecular flexibility index (Phi) is 4.95. The monoisotopic (exact) mass is 297 g/mol. The van der Waals surface area contributed by atoms with Crippen LogP contribution < -0.4 is 5.73 Å². The summed E-state index contributed by atoms with van der Waals surface area (Å²) in [5.74, 6) is 0.831. The molecule has 0 aliphatic heterocycles. The van der Waals surface area contributed by atoms with Crippen molar-refractivity contribution in [1.82, 2.24) is 0 Å². The molecule has 2 aromatic rings. The highest BCUT2D eigenvalue weighted by molar-refractivity contribution is 7.98. The molecule has 18 heavy (non-hydrogen) atoms. The summed E-state index contributed by atoms with van der Waals surface area (Å²) in [6.07, 6.45) is 0. The number of nitrogens with two attached hydrogens (primary N) is 1. The first-order valence-corrected chi connectivity index (χ1v) is 7.29. The summed E-state index contributed by atoms with van der Waals surface area (Å²) in [4.78, 5) is 1.21. The third kappa shape index (κ3) is 3.66. The van der Waals surface area contributed by atoms with E-state index in [1.807, 2.05) is 24.3 Å². The maximum Gasteiger partial charge on any atom is 0.0461 e. The molecule has 0 aliphatic rings. The molecule has 0 heterocycles. The average Bonchev–Trinajstić information content (AvgIpc) is 2.38. The summed E-state index contributed by atoms with van der Waals surface area (Å²) in [5, 5.41) is 1.38. The normalized spacial score (nSPS) is 10.6. The summed E-state index contributed by atoms with van der Waals surface area (Å²) >= 11 is 13.7. The molecule has 1 nitrogen and oxygen atoms in total. The molecule has 0 amide bonds. The second-order valence-corrected chi connectivity index (χ2v) is 5.76. The second kappa shape index (κ2) is 6.48. The van der Waals surface area contributed by atoms with Crippen molar-refractivity contribution in [3.8, 4) is 0 Å². The summed E-state index contributed by atoms with van der Waals surface area (Å²) < 4.78 is 0. The van der Waals surface area contributed by atoms with Gasteiger partial charge in [-0.2, -0.15) is 0 Å². The van der Waals surface area contributed by atoms with Crippen molar-refractivity contribution in [3.63, 3.8) is 0 Å². The highest BCUT2D eigenvalue weighted by atomic mass is 35.5. The minimum absolute atomic E-state index is 0.577. The van der Waals surface area contributed by atoms with Crippen LogP contribution in [0.5, 0.6) is 0 Å². The zero-order valence-electron chi connectivity index (χ0n) is 9.70. The van der Waals surface area contributed by atoms with Gasteiger partial charge in [0, 0.05) is 27.2 Å². The fourth-order valence-electron chi connectivity index (χ4n) is 1.52. The smallest absolute Gasteiger partial charge is 0.0461 e. The zero-order chi connectivity index (χ0) is 13.0. The van der Waals surface area contributed by atoms with E-state index in [2.05, 4.69) is 12.1 Å². The van der Waals surface area contributed by atoms with Crippen molar-refractivity contribution in [3.05, 3.63) is 63.6 Å². The van der Waals surface area contributed by atoms with Gasteiger partial charge < -0.3 is 5.73 Å². The van der Waals surface area contributed by atoms with Crippen molar-refractivity contribution in [2.45, 2.75) is 17.2 Å². The summed E-state index contributed by atoms with van der Waals surface area (Å²) in [6.45, 7) is 0.577. The van der Waals surface area contributed by atoms with Gasteiger partial charge in [0.1, 0.15) is 0 Å². The van der Waals surface area contributed by atoms with Gasteiger partial charge in [0.25, 0.3) is 0 Å². The van der Waals surface area contributed by atoms with E-state index in [1.54, 1.807) is 17.8 Å². The summed E-state index contributed by atoms with van der Waals surface area (Å²) in [7, 11) is 0. The number of hydrogen-bond donors (Lipinski definition) is 1. The zero-order valence-corrected chi connectivity index (χ0v) is 12.0. The number of thioether (sulfide) groups is 1. The SMILES string of the molecule is NCc1ccc(SCc2ccc(Cl)cc2Cl)cc1. The Bertz CT molecular complexity index is 526. The van der Waals surface area contributed by atoms with Crippen LogP contribution in [0, 0.1) is 0 Å². The van der Waals surface area contributed by atoms with Crippen LogP contribution in [-0.2, 0) is 12.3 Å². The molecule has 0 bridgehead atoms. The highest BCUT2D eigenvalue weighted by Crippen LogP contribution is 2.28. The molecule has 0 radical (unpaired) electrons. The minimum Gasteiger partial charge on any atom is -0.326 e. The van der Waals surface area contributed by atoms with Gasteiger partial charge in [0.05, 0.1) is 0 Å². The van der Waals surface area contributed by atoms with Gasteiger partial charge in [0.2, 0.25) is 0 Å². The first-order valence-electron chi connectivity index (χ1n) is 5.55. The maximum atomic E-state index is 6.13. The lowest BCUT2D eigenvalue weighted by atomic mass is 10.2. The van der Waals surface area contributed by atoms with Gasteiger partial charge in [-0.1, -0.05) is 41.4 Å². The lowest BCUT2D eigenvalue weighted by Crippen LogP contribution is -1.94. The molecular weight excluding hydrogens is 285 g/mol. The Labute approximate surface area is 121 Å². The van der Waals surface area contributed by atoms with E-state index < -0.39 is 0 Å². The molecular formula is C14H13Cl2NS. The predicted octanol–water partition coefficient (Wildman–Crippen LogP) is 4.74. The number of halogens is 2. The molecule has 0 aromatic heterocycles. The van der Waals surface area contributed by atoms with Crippen molar-refractivity contribution in [1.29, 1.82) is 0 Å². The number of rotatable bonds is 4. The largest absolute Gasteiger partial charge is 0.326 e. The second-order valence-electron chi connectivity index (χ2n) is 3.87. The lowest BCUT2D eigenvalue weighted by molar-refractivity contribution is 1.07. The van der Waals surface area contributed by atoms with Crippen LogP contribution in [0.3, 0.4) is 0 Å². The van der Waals surface area contributed by atoms with Gasteiger partial charge in [-0.15, -0.1) is 11.8 Å². The Morgan fingerprint density at radius 3 is 2.33 bits per heavy atom. The molecule has 4 heteroatoms. The molecule has 0 atom stereocenters. The van der Waals surface area contributed by atoms with Crippen LogP contribution in [-0.4, -0.2) is 0 Å².